The summed E-state index contributed by atoms with van der Waals surface area (Å²) in [6.07, 6.45) is 1.22. The number of aryl methyl sites for hydroxylation is 2. The Bertz CT molecular complexity index is 424. The molecule has 18 heavy (non-hydrogen) atoms. The van der Waals surface area contributed by atoms with Crippen LogP contribution in [0.3, 0.4) is 0 Å². The molecule has 0 radical (unpaired) electrons. The summed E-state index contributed by atoms with van der Waals surface area (Å²) in [6, 6.07) is 1.05. The van der Waals surface area contributed by atoms with Gasteiger partial charge in [0.1, 0.15) is 0 Å². The largest absolute Gasteiger partial charge is 0.330 e. The Morgan fingerprint density at radius 2 is 2.11 bits per heavy atom. The molecule has 0 aromatic carbocycles. The Hall–Kier alpha value is -0.870. The van der Waals surface area contributed by atoms with E-state index in [1.807, 2.05) is 11.7 Å². The maximum atomic E-state index is 5.82. The van der Waals surface area contributed by atoms with Crippen molar-refractivity contribution >= 4 is 0 Å². The van der Waals surface area contributed by atoms with Crippen molar-refractivity contribution < 1.29 is 0 Å². The third-order valence-corrected chi connectivity index (χ3v) is 4.52. The van der Waals surface area contributed by atoms with Crippen molar-refractivity contribution in [3.8, 4) is 0 Å². The lowest BCUT2D eigenvalue weighted by Crippen LogP contribution is -2.31. The Kier molecular flexibility index (Phi) is 3.78. The van der Waals surface area contributed by atoms with Crippen molar-refractivity contribution in [2.24, 2.45) is 18.7 Å². The first kappa shape index (κ1) is 13.6. The molecule has 4 nitrogen and oxygen atoms in total. The predicted octanol–water partition coefficient (Wildman–Crippen LogP) is 1.77. The van der Waals surface area contributed by atoms with E-state index in [-0.39, 0.29) is 0 Å². The monoisotopic (exact) mass is 250 g/mol. The van der Waals surface area contributed by atoms with Crippen molar-refractivity contribution in [1.82, 2.24) is 14.7 Å². The molecule has 2 rings (SSSR count). The van der Waals surface area contributed by atoms with Crippen molar-refractivity contribution in [2.75, 3.05) is 13.1 Å². The van der Waals surface area contributed by atoms with E-state index >= 15 is 0 Å². The molecule has 1 aliphatic rings. The number of aromatic nitrogens is 2. The van der Waals surface area contributed by atoms with Gasteiger partial charge in [-0.05, 0) is 46.6 Å². The normalized spacial score (nSPS) is 26.8. The molecular weight excluding hydrogens is 224 g/mol. The second-order valence-corrected chi connectivity index (χ2v) is 5.77. The van der Waals surface area contributed by atoms with Crippen molar-refractivity contribution in [3.05, 3.63) is 17.0 Å². The van der Waals surface area contributed by atoms with E-state index in [9.17, 15) is 0 Å². The number of hydrogen-bond donors (Lipinski definition) is 1. The quantitative estimate of drug-likeness (QED) is 0.889. The summed E-state index contributed by atoms with van der Waals surface area (Å²) in [7, 11) is 2.02. The van der Waals surface area contributed by atoms with Gasteiger partial charge >= 0.3 is 0 Å². The molecule has 102 valence electrons. The highest BCUT2D eigenvalue weighted by Gasteiger charge is 2.33. The lowest BCUT2D eigenvalue weighted by atomic mass is 10.0. The molecule has 0 saturated carbocycles. The van der Waals surface area contributed by atoms with E-state index in [1.165, 1.54) is 17.7 Å². The summed E-state index contributed by atoms with van der Waals surface area (Å²) in [4.78, 5) is 2.58. The summed E-state index contributed by atoms with van der Waals surface area (Å²) < 4.78 is 1.99. The fourth-order valence-corrected chi connectivity index (χ4v) is 3.44. The Morgan fingerprint density at radius 3 is 2.56 bits per heavy atom. The van der Waals surface area contributed by atoms with Gasteiger partial charge in [0.2, 0.25) is 0 Å². The van der Waals surface area contributed by atoms with Gasteiger partial charge in [0.05, 0.1) is 5.69 Å². The van der Waals surface area contributed by atoms with E-state index in [1.54, 1.807) is 0 Å². The summed E-state index contributed by atoms with van der Waals surface area (Å²) in [5.41, 5.74) is 9.65. The molecule has 1 aromatic heterocycles. The van der Waals surface area contributed by atoms with Gasteiger partial charge in [-0.2, -0.15) is 5.10 Å². The van der Waals surface area contributed by atoms with Crippen molar-refractivity contribution in [1.29, 1.82) is 0 Å². The fraction of sp³-hybridized carbons (Fsp3) is 0.786. The van der Waals surface area contributed by atoms with Gasteiger partial charge in [0.15, 0.2) is 0 Å². The molecule has 1 aliphatic heterocycles. The standard InChI is InChI=1S/C14H26N4/c1-9-6-13(7-15)8-18(9)12(4)14-10(2)16-17(5)11(14)3/h9,12-13H,6-8,15H2,1-5H3. The predicted molar refractivity (Wildman–Crippen MR) is 74.4 cm³/mol. The lowest BCUT2D eigenvalue weighted by Gasteiger charge is -2.29. The topological polar surface area (TPSA) is 47.1 Å². The second kappa shape index (κ2) is 5.02. The van der Waals surface area contributed by atoms with Crippen LogP contribution in [0.25, 0.3) is 0 Å². The lowest BCUT2D eigenvalue weighted by molar-refractivity contribution is 0.199. The molecule has 3 atom stereocenters. The SMILES string of the molecule is Cc1nn(C)c(C)c1C(C)N1CC(CN)CC1C. The highest BCUT2D eigenvalue weighted by Crippen LogP contribution is 2.33. The number of nitrogens with zero attached hydrogens (tertiary/aromatic N) is 3. The molecular formula is C14H26N4. The number of hydrogen-bond acceptors (Lipinski definition) is 3. The highest BCUT2D eigenvalue weighted by molar-refractivity contribution is 5.28. The van der Waals surface area contributed by atoms with E-state index in [4.69, 9.17) is 5.73 Å². The average molecular weight is 250 g/mol. The average Bonchev–Trinajstić information content (AvgIpc) is 2.80. The summed E-state index contributed by atoms with van der Waals surface area (Å²) in [6.45, 7) is 10.8. The fourth-order valence-electron chi connectivity index (χ4n) is 3.44. The summed E-state index contributed by atoms with van der Waals surface area (Å²) >= 11 is 0. The molecule has 1 aromatic rings. The molecule has 1 saturated heterocycles. The van der Waals surface area contributed by atoms with E-state index in [2.05, 4.69) is 37.7 Å². The molecule has 2 N–H and O–H groups in total. The minimum Gasteiger partial charge on any atom is -0.330 e. The molecule has 1 fully saturated rings. The van der Waals surface area contributed by atoms with Gasteiger partial charge in [-0.15, -0.1) is 0 Å². The van der Waals surface area contributed by atoms with Crippen LogP contribution < -0.4 is 5.73 Å². The van der Waals surface area contributed by atoms with Crippen LogP contribution in [0.15, 0.2) is 0 Å². The van der Waals surface area contributed by atoms with Crippen LogP contribution in [0.1, 0.15) is 43.3 Å². The first-order valence-corrected chi connectivity index (χ1v) is 6.91. The molecule has 4 heteroatoms. The number of nitrogens with two attached hydrogens (primary N) is 1. The third kappa shape index (κ3) is 2.19. The maximum Gasteiger partial charge on any atom is 0.0644 e. The van der Waals surface area contributed by atoms with Gasteiger partial charge in [-0.3, -0.25) is 9.58 Å². The summed E-state index contributed by atoms with van der Waals surface area (Å²) in [5.74, 6) is 0.653. The van der Waals surface area contributed by atoms with Crippen molar-refractivity contribution in [3.63, 3.8) is 0 Å². The van der Waals surface area contributed by atoms with Gasteiger partial charge in [-0.1, -0.05) is 0 Å². The number of rotatable bonds is 3. The molecule has 3 unspecified atom stereocenters. The molecule has 2 heterocycles. The molecule has 0 amide bonds. The Labute approximate surface area is 110 Å². The van der Waals surface area contributed by atoms with Gasteiger partial charge in [0, 0.05) is 36.9 Å². The van der Waals surface area contributed by atoms with Crippen LogP contribution in [0.4, 0.5) is 0 Å². The van der Waals surface area contributed by atoms with Crippen LogP contribution in [-0.2, 0) is 7.05 Å². The van der Waals surface area contributed by atoms with Crippen LogP contribution >= 0.6 is 0 Å². The van der Waals surface area contributed by atoms with Crippen LogP contribution in [-0.4, -0.2) is 33.8 Å². The van der Waals surface area contributed by atoms with Crippen LogP contribution in [0, 0.1) is 19.8 Å². The molecule has 0 bridgehead atoms. The Balaban J connectivity index is 2.23. The molecule has 0 aliphatic carbocycles. The van der Waals surface area contributed by atoms with Gasteiger partial charge in [0.25, 0.3) is 0 Å². The summed E-state index contributed by atoms with van der Waals surface area (Å²) in [5, 5.41) is 4.53. The minimum absolute atomic E-state index is 0.435. The third-order valence-electron chi connectivity index (χ3n) is 4.52. The van der Waals surface area contributed by atoms with Crippen LogP contribution in [0.5, 0.6) is 0 Å². The zero-order valence-electron chi connectivity index (χ0n) is 12.3. The zero-order chi connectivity index (χ0) is 13.4. The second-order valence-electron chi connectivity index (χ2n) is 5.77. The van der Waals surface area contributed by atoms with Gasteiger partial charge in [-0.25, -0.2) is 0 Å². The first-order valence-electron chi connectivity index (χ1n) is 6.91. The number of likely N-dealkylation sites (tertiary alicyclic amines) is 1. The van der Waals surface area contributed by atoms with Crippen LogP contribution in [0.2, 0.25) is 0 Å². The Morgan fingerprint density at radius 1 is 1.44 bits per heavy atom. The highest BCUT2D eigenvalue weighted by atomic mass is 15.3. The van der Waals surface area contributed by atoms with E-state index in [0.29, 0.717) is 18.0 Å². The zero-order valence-corrected chi connectivity index (χ0v) is 12.3. The maximum absolute atomic E-state index is 5.82. The molecule has 0 spiro atoms. The van der Waals surface area contributed by atoms with Crippen molar-refractivity contribution in [2.45, 2.75) is 46.2 Å². The van der Waals surface area contributed by atoms with E-state index in [0.717, 1.165) is 18.8 Å². The van der Waals surface area contributed by atoms with Gasteiger partial charge < -0.3 is 5.73 Å². The first-order chi connectivity index (χ1) is 8.45. The minimum atomic E-state index is 0.435. The smallest absolute Gasteiger partial charge is 0.0644 e. The van der Waals surface area contributed by atoms with E-state index < -0.39 is 0 Å².